The smallest absolute Gasteiger partial charge is 0.0447 e. The average molecular weight is 214 g/mol. The van der Waals surface area contributed by atoms with Gasteiger partial charge in [0, 0.05) is 5.92 Å². The summed E-state index contributed by atoms with van der Waals surface area (Å²) in [6, 6.07) is 8.82. The highest BCUT2D eigenvalue weighted by molar-refractivity contribution is 5.30. The monoisotopic (exact) mass is 214 g/mol. The Morgan fingerprint density at radius 1 is 1.12 bits per heavy atom. The van der Waals surface area contributed by atoms with Crippen molar-refractivity contribution in [1.29, 1.82) is 0 Å². The summed E-state index contributed by atoms with van der Waals surface area (Å²) >= 11 is 0. The topological polar surface area (TPSA) is 0 Å². The van der Waals surface area contributed by atoms with E-state index in [9.17, 15) is 0 Å². The summed E-state index contributed by atoms with van der Waals surface area (Å²) in [5.74, 6) is 3.88. The number of terminal acetylenes is 1. The van der Waals surface area contributed by atoms with Crippen molar-refractivity contribution in [2.24, 2.45) is 5.92 Å². The molecule has 0 spiro atoms. The lowest BCUT2D eigenvalue weighted by Crippen LogP contribution is -1.99. The molecule has 2 atom stereocenters. The van der Waals surface area contributed by atoms with E-state index in [-0.39, 0.29) is 5.92 Å². The summed E-state index contributed by atoms with van der Waals surface area (Å²) < 4.78 is 0. The van der Waals surface area contributed by atoms with E-state index in [1.54, 1.807) is 0 Å². The molecule has 0 aliphatic carbocycles. The third-order valence-electron chi connectivity index (χ3n) is 3.27. The van der Waals surface area contributed by atoms with E-state index in [2.05, 4.69) is 51.0 Å². The summed E-state index contributed by atoms with van der Waals surface area (Å²) in [6.07, 6.45) is 8.93. The highest BCUT2D eigenvalue weighted by atomic mass is 14.1. The first-order valence-electron chi connectivity index (χ1n) is 6.26. The van der Waals surface area contributed by atoms with Gasteiger partial charge >= 0.3 is 0 Å². The summed E-state index contributed by atoms with van der Waals surface area (Å²) in [7, 11) is 0. The zero-order valence-electron chi connectivity index (χ0n) is 10.7. The van der Waals surface area contributed by atoms with Gasteiger partial charge in [-0.3, -0.25) is 0 Å². The first-order valence-corrected chi connectivity index (χ1v) is 6.26. The molecule has 1 aromatic rings. The molecule has 0 fully saturated rings. The molecule has 16 heavy (non-hydrogen) atoms. The number of hydrogen-bond donors (Lipinski definition) is 0. The normalized spacial score (nSPS) is 14.1. The fourth-order valence-corrected chi connectivity index (χ4v) is 1.88. The second-order valence-corrected chi connectivity index (χ2v) is 4.59. The van der Waals surface area contributed by atoms with Crippen LogP contribution < -0.4 is 0 Å². The maximum absolute atomic E-state index is 5.51. The van der Waals surface area contributed by atoms with Gasteiger partial charge in [0.05, 0.1) is 0 Å². The van der Waals surface area contributed by atoms with Crippen molar-refractivity contribution in [1.82, 2.24) is 0 Å². The van der Waals surface area contributed by atoms with Crippen LogP contribution in [0.4, 0.5) is 0 Å². The molecule has 86 valence electrons. The largest absolute Gasteiger partial charge is 0.119 e. The molecular weight excluding hydrogens is 192 g/mol. The van der Waals surface area contributed by atoms with E-state index < -0.39 is 0 Å². The Balaban J connectivity index is 2.72. The van der Waals surface area contributed by atoms with Crippen molar-refractivity contribution in [2.75, 3.05) is 0 Å². The Kier molecular flexibility index (Phi) is 5.12. The minimum atomic E-state index is 0.276. The molecule has 0 heteroatoms. The third kappa shape index (κ3) is 3.42. The van der Waals surface area contributed by atoms with Crippen molar-refractivity contribution >= 4 is 0 Å². The maximum Gasteiger partial charge on any atom is 0.0447 e. The fourth-order valence-electron chi connectivity index (χ4n) is 1.88. The van der Waals surface area contributed by atoms with Crippen LogP contribution in [0.15, 0.2) is 24.3 Å². The molecule has 0 saturated heterocycles. The average Bonchev–Trinajstić information content (AvgIpc) is 2.32. The van der Waals surface area contributed by atoms with Gasteiger partial charge in [0.2, 0.25) is 0 Å². The van der Waals surface area contributed by atoms with Gasteiger partial charge in [-0.25, -0.2) is 0 Å². The van der Waals surface area contributed by atoms with Crippen LogP contribution in [0.3, 0.4) is 0 Å². The van der Waals surface area contributed by atoms with Crippen LogP contribution in [0.1, 0.15) is 50.7 Å². The van der Waals surface area contributed by atoms with Gasteiger partial charge in [0.1, 0.15) is 0 Å². The van der Waals surface area contributed by atoms with Crippen LogP contribution in [0.2, 0.25) is 0 Å². The molecule has 0 aliphatic heterocycles. The first-order chi connectivity index (χ1) is 7.71. The van der Waals surface area contributed by atoms with Crippen LogP contribution in [-0.2, 0) is 6.42 Å². The Labute approximate surface area is 100 Å². The molecule has 2 unspecified atom stereocenters. The van der Waals surface area contributed by atoms with Crippen molar-refractivity contribution in [2.45, 2.75) is 46.0 Å². The molecule has 0 radical (unpaired) electrons. The van der Waals surface area contributed by atoms with Crippen molar-refractivity contribution < 1.29 is 0 Å². The second kappa shape index (κ2) is 6.38. The van der Waals surface area contributed by atoms with E-state index in [0.717, 1.165) is 12.3 Å². The summed E-state index contributed by atoms with van der Waals surface area (Å²) in [6.45, 7) is 6.67. The van der Waals surface area contributed by atoms with Crippen LogP contribution in [0, 0.1) is 18.3 Å². The number of hydrogen-bond acceptors (Lipinski definition) is 0. The maximum atomic E-state index is 5.51. The molecular formula is C16H22. The van der Waals surface area contributed by atoms with E-state index in [0.29, 0.717) is 0 Å². The zero-order chi connectivity index (χ0) is 12.0. The predicted molar refractivity (Wildman–Crippen MR) is 71.5 cm³/mol. The van der Waals surface area contributed by atoms with Crippen molar-refractivity contribution in [3.63, 3.8) is 0 Å². The zero-order valence-corrected chi connectivity index (χ0v) is 10.7. The molecule has 0 saturated carbocycles. The molecule has 0 heterocycles. The lowest BCUT2D eigenvalue weighted by Gasteiger charge is -2.11. The minimum absolute atomic E-state index is 0.276. The lowest BCUT2D eigenvalue weighted by atomic mass is 9.93. The minimum Gasteiger partial charge on any atom is -0.119 e. The van der Waals surface area contributed by atoms with E-state index in [1.165, 1.54) is 24.0 Å². The SMILES string of the molecule is C#CC(CC)c1ccc(CC(C)CC)cc1. The van der Waals surface area contributed by atoms with Gasteiger partial charge in [-0.05, 0) is 29.9 Å². The van der Waals surface area contributed by atoms with Crippen LogP contribution in [-0.4, -0.2) is 0 Å². The van der Waals surface area contributed by atoms with E-state index in [1.807, 2.05) is 0 Å². The lowest BCUT2D eigenvalue weighted by molar-refractivity contribution is 0.560. The van der Waals surface area contributed by atoms with E-state index >= 15 is 0 Å². The molecule has 1 rings (SSSR count). The predicted octanol–water partition coefficient (Wildman–Crippen LogP) is 4.40. The highest BCUT2D eigenvalue weighted by Crippen LogP contribution is 2.20. The third-order valence-corrected chi connectivity index (χ3v) is 3.27. The first kappa shape index (κ1) is 12.8. The van der Waals surface area contributed by atoms with Crippen molar-refractivity contribution in [3.05, 3.63) is 35.4 Å². The van der Waals surface area contributed by atoms with E-state index in [4.69, 9.17) is 6.42 Å². The number of rotatable bonds is 5. The van der Waals surface area contributed by atoms with Crippen LogP contribution in [0.5, 0.6) is 0 Å². The van der Waals surface area contributed by atoms with Crippen molar-refractivity contribution in [3.8, 4) is 12.3 Å². The van der Waals surface area contributed by atoms with Gasteiger partial charge in [0.15, 0.2) is 0 Å². The molecule has 0 nitrogen and oxygen atoms in total. The van der Waals surface area contributed by atoms with Crippen LogP contribution >= 0.6 is 0 Å². The summed E-state index contributed by atoms with van der Waals surface area (Å²) in [4.78, 5) is 0. The Morgan fingerprint density at radius 2 is 1.75 bits per heavy atom. The molecule has 0 amide bonds. The van der Waals surface area contributed by atoms with Gasteiger partial charge in [-0.2, -0.15) is 0 Å². The summed E-state index contributed by atoms with van der Waals surface area (Å²) in [5.41, 5.74) is 2.70. The highest BCUT2D eigenvalue weighted by Gasteiger charge is 2.06. The van der Waals surface area contributed by atoms with Gasteiger partial charge < -0.3 is 0 Å². The Hall–Kier alpha value is -1.22. The van der Waals surface area contributed by atoms with Gasteiger partial charge in [0.25, 0.3) is 0 Å². The van der Waals surface area contributed by atoms with Gasteiger partial charge in [-0.15, -0.1) is 6.42 Å². The molecule has 0 N–H and O–H groups in total. The second-order valence-electron chi connectivity index (χ2n) is 4.59. The molecule has 0 aromatic heterocycles. The Bertz CT molecular complexity index is 339. The molecule has 0 aliphatic rings. The number of benzene rings is 1. The van der Waals surface area contributed by atoms with Crippen LogP contribution in [0.25, 0.3) is 0 Å². The van der Waals surface area contributed by atoms with Gasteiger partial charge in [-0.1, -0.05) is 57.4 Å². The standard InChI is InChI=1S/C16H22/c1-5-13(4)12-14-8-10-16(11-9-14)15(6-2)7-3/h2,8-11,13,15H,5,7,12H2,1,3-4H3. The summed E-state index contributed by atoms with van der Waals surface area (Å²) in [5, 5.41) is 0. The quantitative estimate of drug-likeness (QED) is 0.637. The fraction of sp³-hybridized carbons (Fsp3) is 0.500. The molecule has 1 aromatic carbocycles. The Morgan fingerprint density at radius 3 is 2.19 bits per heavy atom. The molecule has 0 bridgehead atoms.